The molecule has 20 heavy (non-hydrogen) atoms. The lowest BCUT2D eigenvalue weighted by Crippen LogP contribution is -2.20. The highest BCUT2D eigenvalue weighted by molar-refractivity contribution is 5.28. The number of nitrogens with one attached hydrogen (secondary N) is 1. The van der Waals surface area contributed by atoms with Gasteiger partial charge in [0.1, 0.15) is 0 Å². The van der Waals surface area contributed by atoms with E-state index in [1.54, 1.807) is 0 Å². The molecule has 1 N–H and O–H groups in total. The maximum absolute atomic E-state index is 4.68. The van der Waals surface area contributed by atoms with Gasteiger partial charge in [-0.25, -0.2) is 0 Å². The summed E-state index contributed by atoms with van der Waals surface area (Å²) in [4.78, 5) is 0. The minimum atomic E-state index is 0.345. The molecule has 0 saturated heterocycles. The van der Waals surface area contributed by atoms with E-state index in [9.17, 15) is 0 Å². The van der Waals surface area contributed by atoms with Gasteiger partial charge in [0.2, 0.25) is 0 Å². The molecule has 0 aliphatic carbocycles. The second kappa shape index (κ2) is 6.22. The highest BCUT2D eigenvalue weighted by Gasteiger charge is 2.17. The molecule has 5 nitrogen and oxygen atoms in total. The van der Waals surface area contributed by atoms with Gasteiger partial charge in [-0.05, 0) is 33.7 Å². The molecule has 2 aromatic heterocycles. The van der Waals surface area contributed by atoms with Gasteiger partial charge in [-0.2, -0.15) is 10.2 Å². The number of hydrogen-bond donors (Lipinski definition) is 1. The molecule has 0 fully saturated rings. The van der Waals surface area contributed by atoms with Crippen LogP contribution in [0.2, 0.25) is 0 Å². The lowest BCUT2D eigenvalue weighted by atomic mass is 10.1. The van der Waals surface area contributed by atoms with Crippen LogP contribution in [-0.2, 0) is 13.6 Å². The molecule has 0 bridgehead atoms. The summed E-state index contributed by atoms with van der Waals surface area (Å²) in [6, 6.07) is 0.345. The van der Waals surface area contributed by atoms with Gasteiger partial charge in [-0.3, -0.25) is 9.36 Å². The van der Waals surface area contributed by atoms with E-state index in [-0.39, 0.29) is 0 Å². The Hall–Kier alpha value is -1.62. The normalized spacial score (nSPS) is 12.8. The van der Waals surface area contributed by atoms with Crippen molar-refractivity contribution in [3.05, 3.63) is 34.9 Å². The zero-order valence-corrected chi connectivity index (χ0v) is 13.1. The SMILES string of the molecule is CCCNC(C)c1c(C)nn(Cc2cnn(C)c2)c1C. The summed E-state index contributed by atoms with van der Waals surface area (Å²) >= 11 is 0. The molecule has 1 atom stereocenters. The molecule has 1 unspecified atom stereocenters. The largest absolute Gasteiger partial charge is 0.310 e. The standard InChI is InChI=1S/C15H25N5/c1-6-7-16-11(2)15-12(3)18-20(13(15)4)10-14-8-17-19(5)9-14/h8-9,11,16H,6-7,10H2,1-5H3. The molecule has 0 aliphatic rings. The summed E-state index contributed by atoms with van der Waals surface area (Å²) in [5.74, 6) is 0. The third kappa shape index (κ3) is 3.10. The zero-order chi connectivity index (χ0) is 14.7. The van der Waals surface area contributed by atoms with E-state index in [1.165, 1.54) is 16.8 Å². The van der Waals surface area contributed by atoms with E-state index in [1.807, 2.05) is 24.1 Å². The van der Waals surface area contributed by atoms with Gasteiger partial charge in [0, 0.05) is 36.1 Å². The van der Waals surface area contributed by atoms with Crippen LogP contribution in [0, 0.1) is 13.8 Å². The zero-order valence-electron chi connectivity index (χ0n) is 13.1. The minimum Gasteiger partial charge on any atom is -0.310 e. The van der Waals surface area contributed by atoms with E-state index in [2.05, 4.69) is 47.9 Å². The number of aromatic nitrogens is 4. The summed E-state index contributed by atoms with van der Waals surface area (Å²) in [5.41, 5.74) is 4.85. The molecule has 5 heteroatoms. The van der Waals surface area contributed by atoms with Crippen molar-refractivity contribution in [3.63, 3.8) is 0 Å². The lowest BCUT2D eigenvalue weighted by Gasteiger charge is -2.14. The predicted octanol–water partition coefficient (Wildman–Crippen LogP) is 2.34. The molecule has 2 heterocycles. The third-order valence-corrected chi connectivity index (χ3v) is 3.66. The molecular weight excluding hydrogens is 250 g/mol. The average molecular weight is 275 g/mol. The number of nitrogens with zero attached hydrogens (tertiary/aromatic N) is 4. The molecular formula is C15H25N5. The smallest absolute Gasteiger partial charge is 0.0693 e. The summed E-state index contributed by atoms with van der Waals surface area (Å²) in [6.07, 6.45) is 5.08. The molecule has 0 saturated carbocycles. The summed E-state index contributed by atoms with van der Waals surface area (Å²) < 4.78 is 3.90. The number of aryl methyl sites for hydroxylation is 2. The quantitative estimate of drug-likeness (QED) is 0.880. The molecule has 2 aromatic rings. The Morgan fingerprint density at radius 3 is 2.70 bits per heavy atom. The van der Waals surface area contributed by atoms with E-state index in [0.717, 1.165) is 25.2 Å². The van der Waals surface area contributed by atoms with Crippen molar-refractivity contribution >= 4 is 0 Å². The van der Waals surface area contributed by atoms with Crippen LogP contribution < -0.4 is 5.32 Å². The van der Waals surface area contributed by atoms with Gasteiger partial charge in [0.05, 0.1) is 18.4 Å². The van der Waals surface area contributed by atoms with Gasteiger partial charge in [0.15, 0.2) is 0 Å². The predicted molar refractivity (Wildman–Crippen MR) is 80.7 cm³/mol. The van der Waals surface area contributed by atoms with Crippen LogP contribution in [-0.4, -0.2) is 26.1 Å². The number of rotatable bonds is 6. The van der Waals surface area contributed by atoms with Crippen molar-refractivity contribution in [3.8, 4) is 0 Å². The van der Waals surface area contributed by atoms with E-state index < -0.39 is 0 Å². The van der Waals surface area contributed by atoms with Crippen LogP contribution in [0.25, 0.3) is 0 Å². The van der Waals surface area contributed by atoms with Crippen LogP contribution in [0.5, 0.6) is 0 Å². The Bertz CT molecular complexity index is 567. The Kier molecular flexibility index (Phi) is 4.60. The fourth-order valence-electron chi connectivity index (χ4n) is 2.68. The first-order valence-corrected chi connectivity index (χ1v) is 7.27. The van der Waals surface area contributed by atoms with Gasteiger partial charge in [-0.15, -0.1) is 0 Å². The molecule has 0 aromatic carbocycles. The van der Waals surface area contributed by atoms with Crippen molar-refractivity contribution in [2.45, 2.75) is 46.7 Å². The van der Waals surface area contributed by atoms with Crippen LogP contribution in [0.4, 0.5) is 0 Å². The highest BCUT2D eigenvalue weighted by atomic mass is 15.3. The molecule has 0 spiro atoms. The Morgan fingerprint density at radius 2 is 2.10 bits per heavy atom. The monoisotopic (exact) mass is 275 g/mol. The first-order chi connectivity index (χ1) is 9.52. The van der Waals surface area contributed by atoms with Gasteiger partial charge in [0.25, 0.3) is 0 Å². The first kappa shape index (κ1) is 14.8. The van der Waals surface area contributed by atoms with Gasteiger partial charge < -0.3 is 5.32 Å². The topological polar surface area (TPSA) is 47.7 Å². The Morgan fingerprint density at radius 1 is 1.35 bits per heavy atom. The fourth-order valence-corrected chi connectivity index (χ4v) is 2.68. The number of hydrogen-bond acceptors (Lipinski definition) is 3. The van der Waals surface area contributed by atoms with Crippen molar-refractivity contribution in [1.82, 2.24) is 24.9 Å². The molecule has 2 rings (SSSR count). The van der Waals surface area contributed by atoms with E-state index in [0.29, 0.717) is 6.04 Å². The van der Waals surface area contributed by atoms with Gasteiger partial charge in [-0.1, -0.05) is 6.92 Å². The maximum atomic E-state index is 4.68. The van der Waals surface area contributed by atoms with Crippen LogP contribution >= 0.6 is 0 Å². The van der Waals surface area contributed by atoms with Crippen molar-refractivity contribution in [2.75, 3.05) is 6.54 Å². The second-order valence-electron chi connectivity index (χ2n) is 5.44. The van der Waals surface area contributed by atoms with Crippen LogP contribution in [0.1, 0.15) is 48.8 Å². The Labute approximate surface area is 121 Å². The summed E-state index contributed by atoms with van der Waals surface area (Å²) in [6.45, 7) is 10.4. The maximum Gasteiger partial charge on any atom is 0.0693 e. The third-order valence-electron chi connectivity index (χ3n) is 3.66. The molecule has 0 aliphatic heterocycles. The molecule has 0 radical (unpaired) electrons. The lowest BCUT2D eigenvalue weighted by molar-refractivity contribution is 0.564. The van der Waals surface area contributed by atoms with Crippen molar-refractivity contribution in [1.29, 1.82) is 0 Å². The van der Waals surface area contributed by atoms with E-state index >= 15 is 0 Å². The first-order valence-electron chi connectivity index (χ1n) is 7.27. The van der Waals surface area contributed by atoms with Crippen molar-refractivity contribution in [2.24, 2.45) is 7.05 Å². The average Bonchev–Trinajstić information content (AvgIpc) is 2.92. The molecule has 110 valence electrons. The van der Waals surface area contributed by atoms with Crippen LogP contribution in [0.3, 0.4) is 0 Å². The fraction of sp³-hybridized carbons (Fsp3) is 0.600. The van der Waals surface area contributed by atoms with Crippen molar-refractivity contribution < 1.29 is 0 Å². The highest BCUT2D eigenvalue weighted by Crippen LogP contribution is 2.22. The summed E-state index contributed by atoms with van der Waals surface area (Å²) in [7, 11) is 1.94. The van der Waals surface area contributed by atoms with Crippen LogP contribution in [0.15, 0.2) is 12.4 Å². The minimum absolute atomic E-state index is 0.345. The van der Waals surface area contributed by atoms with Gasteiger partial charge >= 0.3 is 0 Å². The molecule has 0 amide bonds. The Balaban J connectivity index is 2.19. The summed E-state index contributed by atoms with van der Waals surface area (Å²) in [5, 5.41) is 12.4. The second-order valence-corrected chi connectivity index (χ2v) is 5.44. The van der Waals surface area contributed by atoms with E-state index in [4.69, 9.17) is 0 Å².